The Morgan fingerprint density at radius 2 is 2.07 bits per heavy atom. The number of hydrogen-bond acceptors (Lipinski definition) is 3. The minimum absolute atomic E-state index is 0.279. The summed E-state index contributed by atoms with van der Waals surface area (Å²) in [6, 6.07) is 7.83. The van der Waals surface area contributed by atoms with Crippen molar-refractivity contribution in [2.24, 2.45) is 5.73 Å². The minimum atomic E-state index is -0.279. The van der Waals surface area contributed by atoms with Crippen LogP contribution < -0.4 is 10.5 Å². The van der Waals surface area contributed by atoms with E-state index in [0.717, 1.165) is 11.3 Å². The standard InChI is InChI=1S/C12H19NO2/c1-12(2,13)9-15-8-10-5-4-6-11(7-10)14-3/h4-7H,8-9,13H2,1-3H3. The Hall–Kier alpha value is -1.06. The van der Waals surface area contributed by atoms with Gasteiger partial charge in [-0.05, 0) is 31.5 Å². The summed E-state index contributed by atoms with van der Waals surface area (Å²) in [7, 11) is 1.66. The number of rotatable bonds is 5. The second-order valence-electron chi connectivity index (χ2n) is 4.33. The predicted octanol–water partition coefficient (Wildman–Crippen LogP) is 1.95. The van der Waals surface area contributed by atoms with Crippen LogP contribution in [0.25, 0.3) is 0 Å². The van der Waals surface area contributed by atoms with Crippen molar-refractivity contribution in [3.63, 3.8) is 0 Å². The molecule has 0 unspecified atom stereocenters. The molecule has 0 aliphatic rings. The third-order valence-corrected chi connectivity index (χ3v) is 1.88. The summed E-state index contributed by atoms with van der Waals surface area (Å²) in [5.41, 5.74) is 6.62. The van der Waals surface area contributed by atoms with Crippen LogP contribution in [0, 0.1) is 0 Å². The number of hydrogen-bond donors (Lipinski definition) is 1. The molecule has 3 nitrogen and oxygen atoms in total. The second-order valence-corrected chi connectivity index (χ2v) is 4.33. The Morgan fingerprint density at radius 1 is 1.33 bits per heavy atom. The third kappa shape index (κ3) is 4.81. The maximum absolute atomic E-state index is 5.81. The van der Waals surface area contributed by atoms with Gasteiger partial charge >= 0.3 is 0 Å². The second kappa shape index (κ2) is 5.14. The van der Waals surface area contributed by atoms with Gasteiger partial charge in [0.25, 0.3) is 0 Å². The van der Waals surface area contributed by atoms with E-state index in [9.17, 15) is 0 Å². The quantitative estimate of drug-likeness (QED) is 0.806. The lowest BCUT2D eigenvalue weighted by molar-refractivity contribution is 0.0850. The highest BCUT2D eigenvalue weighted by Crippen LogP contribution is 2.13. The largest absolute Gasteiger partial charge is 0.497 e. The lowest BCUT2D eigenvalue weighted by Crippen LogP contribution is -2.37. The van der Waals surface area contributed by atoms with Crippen LogP contribution in [0.3, 0.4) is 0 Å². The van der Waals surface area contributed by atoms with Crippen LogP contribution >= 0.6 is 0 Å². The molecule has 0 heterocycles. The molecule has 0 fully saturated rings. The summed E-state index contributed by atoms with van der Waals surface area (Å²) in [6.45, 7) is 5.00. The molecule has 0 amide bonds. The topological polar surface area (TPSA) is 44.5 Å². The lowest BCUT2D eigenvalue weighted by atomic mass is 10.1. The van der Waals surface area contributed by atoms with Crippen molar-refractivity contribution in [1.29, 1.82) is 0 Å². The molecule has 1 aromatic carbocycles. The van der Waals surface area contributed by atoms with Crippen LogP contribution in [0.1, 0.15) is 19.4 Å². The van der Waals surface area contributed by atoms with E-state index in [0.29, 0.717) is 13.2 Å². The average Bonchev–Trinajstić information content (AvgIpc) is 2.16. The van der Waals surface area contributed by atoms with Gasteiger partial charge in [-0.15, -0.1) is 0 Å². The highest BCUT2D eigenvalue weighted by Gasteiger charge is 2.10. The zero-order valence-corrected chi connectivity index (χ0v) is 9.62. The van der Waals surface area contributed by atoms with Crippen LogP contribution in [-0.2, 0) is 11.3 Å². The van der Waals surface area contributed by atoms with Gasteiger partial charge in [-0.25, -0.2) is 0 Å². The molecule has 0 spiro atoms. The van der Waals surface area contributed by atoms with Crippen LogP contribution in [0.15, 0.2) is 24.3 Å². The Kier molecular flexibility index (Phi) is 4.12. The Morgan fingerprint density at radius 3 is 2.67 bits per heavy atom. The van der Waals surface area contributed by atoms with Crippen molar-refractivity contribution in [2.75, 3.05) is 13.7 Å². The maximum atomic E-state index is 5.81. The summed E-state index contributed by atoms with van der Waals surface area (Å²) < 4.78 is 10.6. The molecule has 1 aromatic rings. The molecule has 0 saturated heterocycles. The van der Waals surface area contributed by atoms with Gasteiger partial charge in [-0.2, -0.15) is 0 Å². The van der Waals surface area contributed by atoms with Crippen LogP contribution in [0.4, 0.5) is 0 Å². The normalized spacial score (nSPS) is 11.5. The molecule has 0 bridgehead atoms. The number of benzene rings is 1. The van der Waals surface area contributed by atoms with Crippen molar-refractivity contribution < 1.29 is 9.47 Å². The van der Waals surface area contributed by atoms with E-state index >= 15 is 0 Å². The molecule has 2 N–H and O–H groups in total. The Bertz CT molecular complexity index is 305. The van der Waals surface area contributed by atoms with Gasteiger partial charge in [0, 0.05) is 5.54 Å². The van der Waals surface area contributed by atoms with Crippen molar-refractivity contribution in [1.82, 2.24) is 0 Å². The smallest absolute Gasteiger partial charge is 0.119 e. The van der Waals surface area contributed by atoms with Crippen LogP contribution in [0.5, 0.6) is 5.75 Å². The van der Waals surface area contributed by atoms with E-state index in [1.807, 2.05) is 38.1 Å². The first kappa shape index (κ1) is 12.0. The molecule has 0 aromatic heterocycles. The highest BCUT2D eigenvalue weighted by atomic mass is 16.5. The van der Waals surface area contributed by atoms with Crippen molar-refractivity contribution >= 4 is 0 Å². The fraction of sp³-hybridized carbons (Fsp3) is 0.500. The zero-order valence-electron chi connectivity index (χ0n) is 9.62. The highest BCUT2D eigenvalue weighted by molar-refractivity contribution is 5.27. The summed E-state index contributed by atoms with van der Waals surface area (Å²) in [5.74, 6) is 0.850. The van der Waals surface area contributed by atoms with Gasteiger partial charge in [0.2, 0.25) is 0 Å². The van der Waals surface area contributed by atoms with Gasteiger partial charge in [0.05, 0.1) is 20.3 Å². The molecule has 0 aliphatic carbocycles. The van der Waals surface area contributed by atoms with Gasteiger partial charge in [-0.3, -0.25) is 0 Å². The molecule has 1 rings (SSSR count). The van der Waals surface area contributed by atoms with E-state index < -0.39 is 0 Å². The lowest BCUT2D eigenvalue weighted by Gasteiger charge is -2.18. The SMILES string of the molecule is COc1cccc(COCC(C)(C)N)c1. The van der Waals surface area contributed by atoms with E-state index in [2.05, 4.69) is 0 Å². The monoisotopic (exact) mass is 209 g/mol. The van der Waals surface area contributed by atoms with Gasteiger partial charge < -0.3 is 15.2 Å². The van der Waals surface area contributed by atoms with Crippen LogP contribution in [0.2, 0.25) is 0 Å². The molecular weight excluding hydrogens is 190 g/mol. The van der Waals surface area contributed by atoms with E-state index in [1.165, 1.54) is 0 Å². The maximum Gasteiger partial charge on any atom is 0.119 e. The minimum Gasteiger partial charge on any atom is -0.497 e. The predicted molar refractivity (Wildman–Crippen MR) is 60.9 cm³/mol. The average molecular weight is 209 g/mol. The molecule has 84 valence electrons. The van der Waals surface area contributed by atoms with Crippen molar-refractivity contribution in [2.45, 2.75) is 26.0 Å². The fourth-order valence-electron chi connectivity index (χ4n) is 1.19. The molecule has 15 heavy (non-hydrogen) atoms. The summed E-state index contributed by atoms with van der Waals surface area (Å²) >= 11 is 0. The molecule has 0 saturated carbocycles. The fourth-order valence-corrected chi connectivity index (χ4v) is 1.19. The van der Waals surface area contributed by atoms with E-state index in [4.69, 9.17) is 15.2 Å². The summed E-state index contributed by atoms with van der Waals surface area (Å²) in [4.78, 5) is 0. The third-order valence-electron chi connectivity index (χ3n) is 1.88. The first-order valence-electron chi connectivity index (χ1n) is 5.01. The first-order valence-corrected chi connectivity index (χ1v) is 5.01. The molecule has 0 atom stereocenters. The summed E-state index contributed by atoms with van der Waals surface area (Å²) in [6.07, 6.45) is 0. The van der Waals surface area contributed by atoms with Crippen molar-refractivity contribution in [3.8, 4) is 5.75 Å². The van der Waals surface area contributed by atoms with Gasteiger partial charge in [0.1, 0.15) is 5.75 Å². The molecule has 0 aliphatic heterocycles. The molecule has 3 heteroatoms. The first-order chi connectivity index (χ1) is 7.01. The molecular formula is C12H19NO2. The Balaban J connectivity index is 2.44. The number of ether oxygens (including phenoxy) is 2. The van der Waals surface area contributed by atoms with E-state index in [1.54, 1.807) is 7.11 Å². The zero-order chi connectivity index (χ0) is 11.3. The van der Waals surface area contributed by atoms with Gasteiger partial charge in [-0.1, -0.05) is 12.1 Å². The number of methoxy groups -OCH3 is 1. The summed E-state index contributed by atoms with van der Waals surface area (Å²) in [5, 5.41) is 0. The van der Waals surface area contributed by atoms with Crippen molar-refractivity contribution in [3.05, 3.63) is 29.8 Å². The Labute approximate surface area is 91.2 Å². The van der Waals surface area contributed by atoms with Crippen LogP contribution in [-0.4, -0.2) is 19.3 Å². The molecule has 0 radical (unpaired) electrons. The number of nitrogens with two attached hydrogens (primary N) is 1. The van der Waals surface area contributed by atoms with E-state index in [-0.39, 0.29) is 5.54 Å². The van der Waals surface area contributed by atoms with Gasteiger partial charge in [0.15, 0.2) is 0 Å².